The first-order chi connectivity index (χ1) is 12.2. The summed E-state index contributed by atoms with van der Waals surface area (Å²) in [6.45, 7) is 2.00. The normalized spacial score (nSPS) is 22.9. The highest BCUT2D eigenvalue weighted by Gasteiger charge is 2.52. The van der Waals surface area contributed by atoms with Gasteiger partial charge in [0.05, 0.1) is 12.0 Å². The van der Waals surface area contributed by atoms with E-state index in [1.807, 2.05) is 0 Å². The van der Waals surface area contributed by atoms with Crippen LogP contribution in [0.2, 0.25) is 0 Å². The van der Waals surface area contributed by atoms with Gasteiger partial charge in [-0.3, -0.25) is 14.4 Å². The number of benzene rings is 1. The summed E-state index contributed by atoms with van der Waals surface area (Å²) in [6.07, 6.45) is 0.0753. The van der Waals surface area contributed by atoms with Crippen LogP contribution in [0, 0.1) is 0 Å². The maximum Gasteiger partial charge on any atom is 0.248 e. The van der Waals surface area contributed by atoms with Gasteiger partial charge in [0.25, 0.3) is 0 Å². The summed E-state index contributed by atoms with van der Waals surface area (Å²) in [5, 5.41) is 0. The Bertz CT molecular complexity index is 772. The number of primary amides is 1. The van der Waals surface area contributed by atoms with Crippen LogP contribution >= 0.6 is 0 Å². The van der Waals surface area contributed by atoms with Crippen molar-refractivity contribution in [3.8, 4) is 0 Å². The molecule has 1 saturated heterocycles. The Labute approximate surface area is 151 Å². The number of likely N-dealkylation sites (tertiary alicyclic amines) is 1. The fourth-order valence-electron chi connectivity index (χ4n) is 3.87. The molecule has 0 bridgehead atoms. The summed E-state index contributed by atoms with van der Waals surface area (Å²) in [5.74, 6) is -2.21. The third-order valence-corrected chi connectivity index (χ3v) is 5.38. The predicted molar refractivity (Wildman–Crippen MR) is 94.4 cm³/mol. The van der Waals surface area contributed by atoms with Crippen molar-refractivity contribution >= 4 is 23.4 Å². The molecule has 0 aromatic heterocycles. The van der Waals surface area contributed by atoms with E-state index < -0.39 is 23.5 Å². The number of halogens is 1. The molecular weight excluding hydrogens is 339 g/mol. The first kappa shape index (κ1) is 18.3. The molecule has 4 N–H and O–H groups in total. The molecule has 0 radical (unpaired) electrons. The van der Waals surface area contributed by atoms with Gasteiger partial charge >= 0.3 is 0 Å². The van der Waals surface area contributed by atoms with Crippen molar-refractivity contribution in [2.75, 3.05) is 25.0 Å². The summed E-state index contributed by atoms with van der Waals surface area (Å²) >= 11 is 0. The summed E-state index contributed by atoms with van der Waals surface area (Å²) in [6, 6.07) is 4.01. The van der Waals surface area contributed by atoms with Gasteiger partial charge in [0.15, 0.2) is 0 Å². The topological polar surface area (TPSA) is 110 Å². The zero-order chi connectivity index (χ0) is 19.2. The minimum Gasteiger partial charge on any atom is -0.366 e. The van der Waals surface area contributed by atoms with Crippen molar-refractivity contribution in [2.45, 2.75) is 37.4 Å². The fraction of sp³-hybridized carbons (Fsp3) is 0.500. The molecule has 1 unspecified atom stereocenters. The SMILES string of the molecule is C[C@H](N)C(=O)N1CCC(F)(C2C(=O)N(C)c3ccc(C(N)=O)cc32)CC1. The van der Waals surface area contributed by atoms with Crippen molar-refractivity contribution in [3.05, 3.63) is 29.3 Å². The number of fused-ring (bicyclic) bond motifs is 1. The number of likely N-dealkylation sites (N-methyl/N-ethyl adjacent to an activating group) is 1. The molecule has 3 amide bonds. The molecule has 8 heteroatoms. The van der Waals surface area contributed by atoms with Crippen molar-refractivity contribution in [1.29, 1.82) is 0 Å². The highest BCUT2D eigenvalue weighted by atomic mass is 19.1. The van der Waals surface area contributed by atoms with Crippen LogP contribution in [0.4, 0.5) is 10.1 Å². The second-order valence-electron chi connectivity index (χ2n) is 7.12. The number of hydrogen-bond donors (Lipinski definition) is 2. The Morgan fingerprint density at radius 3 is 2.46 bits per heavy atom. The fourth-order valence-corrected chi connectivity index (χ4v) is 3.87. The number of nitrogens with two attached hydrogens (primary N) is 2. The number of rotatable bonds is 3. The average Bonchev–Trinajstić information content (AvgIpc) is 2.86. The molecular formula is C18H23FN4O3. The third kappa shape index (κ3) is 2.84. The van der Waals surface area contributed by atoms with Gasteiger partial charge in [0.1, 0.15) is 5.67 Å². The van der Waals surface area contributed by atoms with Gasteiger partial charge in [0.2, 0.25) is 17.7 Å². The Kier molecular flexibility index (Phi) is 4.47. The van der Waals surface area contributed by atoms with Gasteiger partial charge < -0.3 is 21.3 Å². The van der Waals surface area contributed by atoms with Crippen molar-refractivity contribution in [3.63, 3.8) is 0 Å². The lowest BCUT2D eigenvalue weighted by molar-refractivity contribution is -0.135. The number of amides is 3. The highest BCUT2D eigenvalue weighted by molar-refractivity contribution is 6.06. The van der Waals surface area contributed by atoms with Crippen molar-refractivity contribution in [2.24, 2.45) is 11.5 Å². The van der Waals surface area contributed by atoms with Crippen LogP contribution in [-0.4, -0.2) is 54.5 Å². The Hall–Kier alpha value is -2.48. The second-order valence-corrected chi connectivity index (χ2v) is 7.12. The van der Waals surface area contributed by atoms with Gasteiger partial charge in [-0.25, -0.2) is 4.39 Å². The van der Waals surface area contributed by atoms with Crippen LogP contribution in [0.3, 0.4) is 0 Å². The van der Waals surface area contributed by atoms with E-state index in [1.165, 1.54) is 21.9 Å². The molecule has 1 fully saturated rings. The molecule has 0 saturated carbocycles. The first-order valence-electron chi connectivity index (χ1n) is 8.60. The Morgan fingerprint density at radius 2 is 1.92 bits per heavy atom. The second kappa shape index (κ2) is 6.35. The molecule has 2 aliphatic heterocycles. The van der Waals surface area contributed by atoms with Gasteiger partial charge in [-0.1, -0.05) is 0 Å². The van der Waals surface area contributed by atoms with Crippen molar-refractivity contribution < 1.29 is 18.8 Å². The number of alkyl halides is 1. The van der Waals surface area contributed by atoms with Crippen LogP contribution in [0.1, 0.15) is 41.6 Å². The van der Waals surface area contributed by atoms with E-state index in [4.69, 9.17) is 11.5 Å². The van der Waals surface area contributed by atoms with Crippen LogP contribution in [0.25, 0.3) is 0 Å². The van der Waals surface area contributed by atoms with E-state index in [9.17, 15) is 14.4 Å². The zero-order valence-electron chi connectivity index (χ0n) is 14.9. The largest absolute Gasteiger partial charge is 0.366 e. The van der Waals surface area contributed by atoms with Gasteiger partial charge in [-0.15, -0.1) is 0 Å². The van der Waals surface area contributed by atoms with Crippen LogP contribution in [0.15, 0.2) is 18.2 Å². The number of piperidine rings is 1. The molecule has 7 nitrogen and oxygen atoms in total. The lowest BCUT2D eigenvalue weighted by Crippen LogP contribution is -2.52. The molecule has 1 aromatic rings. The molecule has 26 heavy (non-hydrogen) atoms. The molecule has 140 valence electrons. The lowest BCUT2D eigenvalue weighted by Gasteiger charge is -2.39. The van der Waals surface area contributed by atoms with Crippen LogP contribution in [0.5, 0.6) is 0 Å². The van der Waals surface area contributed by atoms with Crippen molar-refractivity contribution in [1.82, 2.24) is 4.90 Å². The number of carbonyl (C=O) groups excluding carboxylic acids is 3. The van der Waals surface area contributed by atoms with Crippen LogP contribution < -0.4 is 16.4 Å². The van der Waals surface area contributed by atoms with E-state index >= 15 is 4.39 Å². The molecule has 0 spiro atoms. The third-order valence-electron chi connectivity index (χ3n) is 5.38. The van der Waals surface area contributed by atoms with Gasteiger partial charge in [-0.2, -0.15) is 0 Å². The Morgan fingerprint density at radius 1 is 1.31 bits per heavy atom. The van der Waals surface area contributed by atoms with Gasteiger partial charge in [-0.05, 0) is 30.7 Å². The number of carbonyl (C=O) groups is 3. The first-order valence-corrected chi connectivity index (χ1v) is 8.60. The number of hydrogen-bond acceptors (Lipinski definition) is 4. The lowest BCUT2D eigenvalue weighted by atomic mass is 9.77. The van der Waals surface area contributed by atoms with E-state index in [2.05, 4.69) is 0 Å². The summed E-state index contributed by atoms with van der Waals surface area (Å²) in [7, 11) is 1.59. The summed E-state index contributed by atoms with van der Waals surface area (Å²) in [5.41, 5.74) is 10.4. The molecule has 2 atom stereocenters. The number of anilines is 1. The summed E-state index contributed by atoms with van der Waals surface area (Å²) in [4.78, 5) is 39.2. The minimum absolute atomic E-state index is 0.0376. The van der Waals surface area contributed by atoms with Crippen LogP contribution in [-0.2, 0) is 9.59 Å². The molecule has 2 heterocycles. The molecule has 2 aliphatic rings. The smallest absolute Gasteiger partial charge is 0.248 e. The zero-order valence-corrected chi connectivity index (χ0v) is 14.9. The Balaban J connectivity index is 1.90. The molecule has 1 aromatic carbocycles. The van der Waals surface area contributed by atoms with Gasteiger partial charge in [0, 0.05) is 44.2 Å². The predicted octanol–water partition coefficient (Wildman–Crippen LogP) is 0.523. The van der Waals surface area contributed by atoms with E-state index in [-0.39, 0.29) is 43.3 Å². The monoisotopic (exact) mass is 362 g/mol. The van der Waals surface area contributed by atoms with E-state index in [0.29, 0.717) is 11.3 Å². The number of nitrogens with zero attached hydrogens (tertiary/aromatic N) is 2. The quantitative estimate of drug-likeness (QED) is 0.817. The maximum atomic E-state index is 15.8. The maximum absolute atomic E-state index is 15.8. The molecule has 0 aliphatic carbocycles. The summed E-state index contributed by atoms with van der Waals surface area (Å²) < 4.78 is 15.8. The average molecular weight is 362 g/mol. The van der Waals surface area contributed by atoms with E-state index in [1.54, 1.807) is 20.0 Å². The molecule has 3 rings (SSSR count). The highest BCUT2D eigenvalue weighted by Crippen LogP contribution is 2.48. The van der Waals surface area contributed by atoms with E-state index in [0.717, 1.165) is 0 Å². The standard InChI is InChI=1S/C18H23FN4O3/c1-10(20)16(25)23-7-5-18(19,6-8-23)14-12-9-11(15(21)24)3-4-13(12)22(2)17(14)26/h3-4,9-10,14H,5-8,20H2,1-2H3,(H2,21,24)/t10-,14?/m0/s1. The minimum atomic E-state index is -1.79.